The topological polar surface area (TPSA) is 91.0 Å². The molecule has 2 aromatic rings. The molecule has 0 bridgehead atoms. The third-order valence-electron chi connectivity index (χ3n) is 3.88. The molecule has 2 atom stereocenters. The molecule has 0 aromatic heterocycles. The van der Waals surface area contributed by atoms with Crippen LogP contribution < -0.4 is 19.9 Å². The van der Waals surface area contributed by atoms with E-state index in [9.17, 15) is 9.90 Å². The van der Waals surface area contributed by atoms with Gasteiger partial charge in [-0.1, -0.05) is 24.3 Å². The molecule has 25 heavy (non-hydrogen) atoms. The molecule has 0 spiro atoms. The molecule has 0 aliphatic rings. The van der Waals surface area contributed by atoms with Crippen molar-refractivity contribution in [1.82, 2.24) is 0 Å². The zero-order chi connectivity index (χ0) is 18.2. The fourth-order valence-corrected chi connectivity index (χ4v) is 2.51. The van der Waals surface area contributed by atoms with E-state index >= 15 is 0 Å². The lowest BCUT2D eigenvalue weighted by Crippen LogP contribution is -2.28. The maximum atomic E-state index is 11.5. The first-order chi connectivity index (χ1) is 12.0. The van der Waals surface area contributed by atoms with Gasteiger partial charge in [-0.05, 0) is 31.0 Å². The SMILES string of the molecule is COc1ccc(C(N)CCC(Oc2ccccc2)C(=O)O)c(OC)c1. The van der Waals surface area contributed by atoms with E-state index < -0.39 is 12.1 Å². The summed E-state index contributed by atoms with van der Waals surface area (Å²) in [7, 11) is 3.14. The first-order valence-corrected chi connectivity index (χ1v) is 7.97. The van der Waals surface area contributed by atoms with Gasteiger partial charge < -0.3 is 25.1 Å². The quantitative estimate of drug-likeness (QED) is 0.726. The van der Waals surface area contributed by atoms with Crippen LogP contribution in [0.1, 0.15) is 24.4 Å². The number of nitrogens with two attached hydrogens (primary N) is 1. The minimum Gasteiger partial charge on any atom is -0.497 e. The third-order valence-corrected chi connectivity index (χ3v) is 3.88. The highest BCUT2D eigenvalue weighted by Crippen LogP contribution is 2.31. The molecule has 0 fully saturated rings. The monoisotopic (exact) mass is 345 g/mol. The summed E-state index contributed by atoms with van der Waals surface area (Å²) in [6.45, 7) is 0. The van der Waals surface area contributed by atoms with Crippen molar-refractivity contribution in [2.45, 2.75) is 25.0 Å². The smallest absolute Gasteiger partial charge is 0.344 e. The largest absolute Gasteiger partial charge is 0.497 e. The second-order valence-electron chi connectivity index (χ2n) is 5.55. The van der Waals surface area contributed by atoms with Crippen LogP contribution in [0.3, 0.4) is 0 Å². The van der Waals surface area contributed by atoms with Crippen LogP contribution in [0.5, 0.6) is 17.2 Å². The molecule has 6 heteroatoms. The number of ether oxygens (including phenoxy) is 3. The molecular formula is C19H23NO5. The van der Waals surface area contributed by atoms with E-state index in [1.54, 1.807) is 50.6 Å². The Labute approximate surface area is 147 Å². The zero-order valence-electron chi connectivity index (χ0n) is 14.3. The number of hydrogen-bond acceptors (Lipinski definition) is 5. The fraction of sp³-hybridized carbons (Fsp3) is 0.316. The van der Waals surface area contributed by atoms with Crippen LogP contribution in [0.2, 0.25) is 0 Å². The summed E-state index contributed by atoms with van der Waals surface area (Å²) in [6.07, 6.45) is -0.245. The van der Waals surface area contributed by atoms with Gasteiger partial charge >= 0.3 is 5.97 Å². The Morgan fingerprint density at radius 2 is 1.76 bits per heavy atom. The van der Waals surface area contributed by atoms with Gasteiger partial charge in [0.2, 0.25) is 0 Å². The summed E-state index contributed by atoms with van der Waals surface area (Å²) in [5.74, 6) is 0.787. The van der Waals surface area contributed by atoms with Crippen LogP contribution >= 0.6 is 0 Å². The highest BCUT2D eigenvalue weighted by atomic mass is 16.5. The van der Waals surface area contributed by atoms with E-state index in [1.165, 1.54) is 0 Å². The molecule has 2 rings (SSSR count). The summed E-state index contributed by atoms with van der Waals surface area (Å²) >= 11 is 0. The molecule has 134 valence electrons. The van der Waals surface area contributed by atoms with Crippen molar-refractivity contribution < 1.29 is 24.1 Å². The number of aliphatic carboxylic acids is 1. The van der Waals surface area contributed by atoms with Crippen molar-refractivity contribution in [3.8, 4) is 17.2 Å². The van der Waals surface area contributed by atoms with Crippen molar-refractivity contribution in [2.24, 2.45) is 5.73 Å². The Hall–Kier alpha value is -2.73. The summed E-state index contributed by atoms with van der Waals surface area (Å²) < 4.78 is 16.1. The van der Waals surface area contributed by atoms with Crippen LogP contribution in [0.25, 0.3) is 0 Å². The lowest BCUT2D eigenvalue weighted by molar-refractivity contribution is -0.145. The van der Waals surface area contributed by atoms with Gasteiger partial charge in [-0.25, -0.2) is 4.79 Å². The van der Waals surface area contributed by atoms with Gasteiger partial charge in [0.15, 0.2) is 6.10 Å². The molecular weight excluding hydrogens is 322 g/mol. The number of hydrogen-bond donors (Lipinski definition) is 2. The summed E-state index contributed by atoms with van der Waals surface area (Å²) in [4.78, 5) is 11.5. The third kappa shape index (κ3) is 5.12. The molecule has 0 heterocycles. The molecule has 0 aliphatic carbocycles. The first-order valence-electron chi connectivity index (χ1n) is 7.97. The second-order valence-corrected chi connectivity index (χ2v) is 5.55. The van der Waals surface area contributed by atoms with Crippen LogP contribution in [0.15, 0.2) is 48.5 Å². The van der Waals surface area contributed by atoms with Crippen LogP contribution in [0, 0.1) is 0 Å². The van der Waals surface area contributed by atoms with Gasteiger partial charge in [-0.15, -0.1) is 0 Å². The predicted octanol–water partition coefficient (Wildman–Crippen LogP) is 3.02. The number of carboxylic acid groups (broad SMARTS) is 1. The van der Waals surface area contributed by atoms with Gasteiger partial charge in [0.05, 0.1) is 14.2 Å². The Kier molecular flexibility index (Phi) is 6.65. The van der Waals surface area contributed by atoms with Crippen molar-refractivity contribution >= 4 is 5.97 Å². The fourth-order valence-electron chi connectivity index (χ4n) is 2.51. The lowest BCUT2D eigenvalue weighted by atomic mass is 9.99. The highest BCUT2D eigenvalue weighted by Gasteiger charge is 2.22. The Bertz CT molecular complexity index is 689. The van der Waals surface area contributed by atoms with Gasteiger partial charge in [-0.2, -0.15) is 0 Å². The van der Waals surface area contributed by atoms with E-state index in [0.29, 0.717) is 23.7 Å². The van der Waals surface area contributed by atoms with Crippen LogP contribution in [-0.2, 0) is 4.79 Å². The summed E-state index contributed by atoms with van der Waals surface area (Å²) in [5.41, 5.74) is 7.03. The maximum absolute atomic E-state index is 11.5. The van der Waals surface area contributed by atoms with Crippen LogP contribution in [-0.4, -0.2) is 31.4 Å². The lowest BCUT2D eigenvalue weighted by Gasteiger charge is -2.19. The molecule has 0 aliphatic heterocycles. The Morgan fingerprint density at radius 3 is 2.36 bits per heavy atom. The van der Waals surface area contributed by atoms with E-state index in [4.69, 9.17) is 19.9 Å². The van der Waals surface area contributed by atoms with Crippen molar-refractivity contribution in [2.75, 3.05) is 14.2 Å². The van der Waals surface area contributed by atoms with Crippen molar-refractivity contribution in [1.29, 1.82) is 0 Å². The first kappa shape index (κ1) is 18.6. The summed E-state index contributed by atoms with van der Waals surface area (Å²) in [6, 6.07) is 13.9. The van der Waals surface area contributed by atoms with E-state index in [1.807, 2.05) is 12.1 Å². The molecule has 0 radical (unpaired) electrons. The second kappa shape index (κ2) is 8.94. The maximum Gasteiger partial charge on any atom is 0.344 e. The molecule has 2 unspecified atom stereocenters. The van der Waals surface area contributed by atoms with E-state index in [0.717, 1.165) is 5.56 Å². The number of carboxylic acids is 1. The molecule has 2 aromatic carbocycles. The average molecular weight is 345 g/mol. The molecule has 0 amide bonds. The molecule has 6 nitrogen and oxygen atoms in total. The van der Waals surface area contributed by atoms with Gasteiger partial charge in [0.25, 0.3) is 0 Å². The highest BCUT2D eigenvalue weighted by molar-refractivity contribution is 5.72. The standard InChI is InChI=1S/C19H23NO5/c1-23-14-8-9-15(18(12-14)24-2)16(20)10-11-17(19(21)22)25-13-6-4-3-5-7-13/h3-9,12,16-17H,10-11,20H2,1-2H3,(H,21,22). The number of methoxy groups -OCH3 is 2. The Balaban J connectivity index is 2.03. The minimum absolute atomic E-state index is 0.278. The average Bonchev–Trinajstić information content (AvgIpc) is 2.64. The molecule has 0 saturated carbocycles. The van der Waals surface area contributed by atoms with Gasteiger partial charge in [-0.3, -0.25) is 0 Å². The predicted molar refractivity (Wildman–Crippen MR) is 94.2 cm³/mol. The van der Waals surface area contributed by atoms with Crippen LogP contribution in [0.4, 0.5) is 0 Å². The molecule has 3 N–H and O–H groups in total. The van der Waals surface area contributed by atoms with Gasteiger partial charge in [0, 0.05) is 17.7 Å². The number of para-hydroxylation sites is 1. The molecule has 0 saturated heterocycles. The number of benzene rings is 2. The number of rotatable bonds is 9. The van der Waals surface area contributed by atoms with Crippen molar-refractivity contribution in [3.05, 3.63) is 54.1 Å². The van der Waals surface area contributed by atoms with Crippen molar-refractivity contribution in [3.63, 3.8) is 0 Å². The number of carbonyl (C=O) groups is 1. The van der Waals surface area contributed by atoms with Gasteiger partial charge in [0.1, 0.15) is 17.2 Å². The Morgan fingerprint density at radius 1 is 1.04 bits per heavy atom. The van der Waals surface area contributed by atoms with E-state index in [-0.39, 0.29) is 12.5 Å². The zero-order valence-corrected chi connectivity index (χ0v) is 14.3. The summed E-state index contributed by atoms with van der Waals surface area (Å²) in [5, 5.41) is 9.38. The van der Waals surface area contributed by atoms with E-state index in [2.05, 4.69) is 0 Å². The normalized spacial score (nSPS) is 12.9. The minimum atomic E-state index is -1.02.